The van der Waals surface area contributed by atoms with Gasteiger partial charge < -0.3 is 13.0 Å². The molecule has 0 saturated heterocycles. The first-order chi connectivity index (χ1) is 6.61. The molecule has 14 heavy (non-hydrogen) atoms. The summed E-state index contributed by atoms with van der Waals surface area (Å²) in [6.07, 6.45) is 7.97. The fraction of sp³-hybridized carbons (Fsp3) is 0.750. The molecule has 1 rings (SSSR count). The van der Waals surface area contributed by atoms with Crippen LogP contribution in [0.4, 0.5) is 0 Å². The molecule has 1 aliphatic rings. The quantitative estimate of drug-likeness (QED) is 0.587. The van der Waals surface area contributed by atoms with Gasteiger partial charge in [-0.1, -0.05) is 33.6 Å². The van der Waals surface area contributed by atoms with Gasteiger partial charge in [0.15, 0.2) is 0 Å². The molecule has 0 aliphatic heterocycles. The fourth-order valence-corrected chi connectivity index (χ4v) is 1.79. The molecule has 0 radical (unpaired) electrons. The van der Waals surface area contributed by atoms with E-state index in [9.17, 15) is 0 Å². The van der Waals surface area contributed by atoms with E-state index in [1.807, 2.05) is 0 Å². The molecular weight excluding hydrogens is 219 g/mol. The predicted octanol–water partition coefficient (Wildman–Crippen LogP) is 3.91. The molecule has 2 heteroatoms. The topological polar surface area (TPSA) is 17.1 Å². The van der Waals surface area contributed by atoms with Gasteiger partial charge in [-0.25, -0.2) is 0 Å². The van der Waals surface area contributed by atoms with E-state index in [1.165, 1.54) is 25.7 Å². The third-order valence-electron chi connectivity index (χ3n) is 2.66. The van der Waals surface area contributed by atoms with E-state index in [0.717, 1.165) is 5.92 Å². The van der Waals surface area contributed by atoms with Crippen molar-refractivity contribution in [3.63, 3.8) is 0 Å². The molecule has 0 N–H and O–H groups in total. The Balaban J connectivity index is 0. The Kier molecular flexibility index (Phi) is 11.3. The van der Waals surface area contributed by atoms with E-state index in [2.05, 4.69) is 56.0 Å². The summed E-state index contributed by atoms with van der Waals surface area (Å²) >= 11 is 2.31. The average Bonchev–Trinajstić information content (AvgIpc) is 2.24. The number of hydrogen-bond donors (Lipinski definition) is 0. The van der Waals surface area contributed by atoms with Crippen molar-refractivity contribution < 1.29 is 19.5 Å². The molecule has 0 heterocycles. The normalized spacial score (nSPS) is 17.1. The van der Waals surface area contributed by atoms with Crippen molar-refractivity contribution in [3.8, 4) is 0 Å². The van der Waals surface area contributed by atoms with Crippen LogP contribution >= 0.6 is 0 Å². The molecule has 0 aromatic carbocycles. The number of rotatable bonds is 0. The molecule has 0 bridgehead atoms. The minimum absolute atomic E-state index is 0.550. The third-order valence-corrected chi connectivity index (χ3v) is 2.66. The standard InChI is InChI=1S/C10H19.C2H3.Co.O/c1-10(2,3)9-7-5-4-6-8-9;1-2;;/h4,9H,5-8H2,1-3H3;1H,2H2;;/q2*-1;;. The Morgan fingerprint density at radius 1 is 1.21 bits per heavy atom. The second-order valence-corrected chi connectivity index (χ2v) is 4.51. The summed E-state index contributed by atoms with van der Waals surface area (Å²) in [4.78, 5) is 0. The van der Waals surface area contributed by atoms with Crippen molar-refractivity contribution >= 4 is 0 Å². The van der Waals surface area contributed by atoms with Gasteiger partial charge in [-0.2, -0.15) is 12.8 Å². The minimum atomic E-state index is 0.550. The van der Waals surface area contributed by atoms with Gasteiger partial charge in [0.25, 0.3) is 0 Å². The van der Waals surface area contributed by atoms with Crippen LogP contribution in [0.15, 0.2) is 6.58 Å². The summed E-state index contributed by atoms with van der Waals surface area (Å²) in [5.74, 6) is 0.970. The van der Waals surface area contributed by atoms with Crippen molar-refractivity contribution in [2.24, 2.45) is 11.3 Å². The van der Waals surface area contributed by atoms with Crippen LogP contribution in [0.5, 0.6) is 0 Å². The molecule has 0 aromatic rings. The van der Waals surface area contributed by atoms with Crippen LogP contribution in [0.2, 0.25) is 0 Å². The van der Waals surface area contributed by atoms with Crippen molar-refractivity contribution in [2.75, 3.05) is 0 Å². The molecular formula is C12H22CoO-2. The Bertz CT molecular complexity index is 121. The Hall–Kier alpha value is 0.0465. The van der Waals surface area contributed by atoms with Gasteiger partial charge in [-0.15, -0.1) is 0 Å². The van der Waals surface area contributed by atoms with Crippen molar-refractivity contribution in [1.82, 2.24) is 0 Å². The van der Waals surface area contributed by atoms with Crippen LogP contribution in [-0.4, -0.2) is 0 Å². The van der Waals surface area contributed by atoms with Crippen LogP contribution in [0, 0.1) is 24.3 Å². The molecule has 0 aromatic heterocycles. The van der Waals surface area contributed by atoms with E-state index in [1.54, 1.807) is 0 Å². The number of hydrogen-bond acceptors (Lipinski definition) is 1. The van der Waals surface area contributed by atoms with Crippen LogP contribution in [-0.2, 0) is 19.5 Å². The summed E-state index contributed by atoms with van der Waals surface area (Å²) in [5.41, 5.74) is 0.550. The fourth-order valence-electron chi connectivity index (χ4n) is 1.79. The van der Waals surface area contributed by atoms with Crippen molar-refractivity contribution in [3.05, 3.63) is 19.6 Å². The van der Waals surface area contributed by atoms with Gasteiger partial charge in [-0.05, 0) is 11.3 Å². The summed E-state index contributed by atoms with van der Waals surface area (Å²) in [6.45, 7) is 14.1. The zero-order chi connectivity index (χ0) is 11.6. The molecule has 87 valence electrons. The molecule has 1 nitrogen and oxygen atoms in total. The van der Waals surface area contributed by atoms with E-state index in [4.69, 9.17) is 3.87 Å². The van der Waals surface area contributed by atoms with E-state index >= 15 is 0 Å². The molecule has 0 atom stereocenters. The zero-order valence-electron chi connectivity index (χ0n) is 9.51. The third kappa shape index (κ3) is 7.45. The maximum absolute atomic E-state index is 7.94. The van der Waals surface area contributed by atoms with E-state index in [-0.39, 0.29) is 0 Å². The van der Waals surface area contributed by atoms with Crippen molar-refractivity contribution in [2.45, 2.75) is 46.5 Å². The monoisotopic (exact) mass is 241 g/mol. The average molecular weight is 241 g/mol. The first kappa shape index (κ1) is 16.5. The van der Waals surface area contributed by atoms with Gasteiger partial charge in [0.2, 0.25) is 0 Å². The molecule has 1 aliphatic carbocycles. The second kappa shape index (κ2) is 9.60. The maximum atomic E-state index is 7.94. The molecule has 1 fully saturated rings. The molecule has 1 saturated carbocycles. The summed E-state index contributed by atoms with van der Waals surface area (Å²) in [5, 5.41) is 0. The van der Waals surface area contributed by atoms with Crippen LogP contribution in [0.3, 0.4) is 0 Å². The Morgan fingerprint density at radius 2 is 1.57 bits per heavy atom. The van der Waals surface area contributed by atoms with E-state index < -0.39 is 0 Å². The van der Waals surface area contributed by atoms with Crippen molar-refractivity contribution in [1.29, 1.82) is 0 Å². The van der Waals surface area contributed by atoms with E-state index in [0.29, 0.717) is 5.41 Å². The Labute approximate surface area is 97.1 Å². The van der Waals surface area contributed by atoms with Gasteiger partial charge in [0.1, 0.15) is 0 Å². The van der Waals surface area contributed by atoms with Gasteiger partial charge in [0, 0.05) is 0 Å². The van der Waals surface area contributed by atoms with Gasteiger partial charge in [0.05, 0.1) is 0 Å². The predicted molar refractivity (Wildman–Crippen MR) is 56.3 cm³/mol. The molecule has 0 amide bonds. The van der Waals surface area contributed by atoms with Crippen LogP contribution in [0.1, 0.15) is 46.5 Å². The van der Waals surface area contributed by atoms with Gasteiger partial charge >= 0.3 is 19.5 Å². The second-order valence-electron chi connectivity index (χ2n) is 4.51. The Morgan fingerprint density at radius 3 is 1.79 bits per heavy atom. The van der Waals surface area contributed by atoms with Gasteiger partial charge in [-0.3, -0.25) is 6.58 Å². The summed E-state index contributed by atoms with van der Waals surface area (Å²) in [6, 6.07) is 0. The first-order valence-electron chi connectivity index (χ1n) is 4.97. The molecule has 0 spiro atoms. The SMILES string of the molecule is CC(C)(C)C1CC[CH-]CC1.[CH-]=C.[O]=[Co]. The molecule has 0 unspecified atom stereocenters. The summed E-state index contributed by atoms with van der Waals surface area (Å²) < 4.78 is 7.94. The zero-order valence-corrected chi connectivity index (χ0v) is 10.6. The summed E-state index contributed by atoms with van der Waals surface area (Å²) in [7, 11) is 0. The van der Waals surface area contributed by atoms with Crippen LogP contribution in [0.25, 0.3) is 0 Å². The van der Waals surface area contributed by atoms with Crippen LogP contribution < -0.4 is 0 Å². The first-order valence-corrected chi connectivity index (χ1v) is 5.39.